The summed E-state index contributed by atoms with van der Waals surface area (Å²) >= 11 is 0. The molecule has 0 saturated heterocycles. The fourth-order valence-corrected chi connectivity index (χ4v) is 3.22. The molecule has 0 saturated carbocycles. The van der Waals surface area contributed by atoms with Crippen LogP contribution in [0.1, 0.15) is 75.2 Å². The highest BCUT2D eigenvalue weighted by atomic mass is 16.1. The fraction of sp³-hybridized carbons (Fsp3) is 0.938. The topological polar surface area (TPSA) is 17.1 Å². The van der Waals surface area contributed by atoms with Gasteiger partial charge in [0.05, 0.1) is 0 Å². The third kappa shape index (κ3) is 5.70. The first kappa shape index (κ1) is 16.7. The molecular weight excluding hydrogens is 208 g/mol. The monoisotopic (exact) mass is 240 g/mol. The van der Waals surface area contributed by atoms with E-state index < -0.39 is 0 Å². The minimum Gasteiger partial charge on any atom is -0.299 e. The number of Topliss-reactive ketones (excluding diaryl/α,β-unsaturated/α-hetero) is 1. The summed E-state index contributed by atoms with van der Waals surface area (Å²) in [5.41, 5.74) is -0.232. The lowest BCUT2D eigenvalue weighted by Gasteiger charge is -2.39. The number of hydrogen-bond donors (Lipinski definition) is 0. The van der Waals surface area contributed by atoms with Gasteiger partial charge in [0.15, 0.2) is 0 Å². The van der Waals surface area contributed by atoms with E-state index in [0.29, 0.717) is 11.7 Å². The highest BCUT2D eigenvalue weighted by molar-refractivity contribution is 5.89. The molecule has 0 fully saturated rings. The van der Waals surface area contributed by atoms with Crippen LogP contribution in [0.3, 0.4) is 0 Å². The van der Waals surface area contributed by atoms with Gasteiger partial charge in [-0.1, -0.05) is 62.3 Å². The summed E-state index contributed by atoms with van der Waals surface area (Å²) in [5.74, 6) is 0.974. The van der Waals surface area contributed by atoms with Gasteiger partial charge in [-0.05, 0) is 24.2 Å². The first-order chi connectivity index (χ1) is 7.28. The first-order valence-electron chi connectivity index (χ1n) is 6.83. The molecule has 1 heteroatoms. The molecule has 0 unspecified atom stereocenters. The molecular formula is C16H32O. The molecule has 0 aliphatic heterocycles. The van der Waals surface area contributed by atoms with Crippen LogP contribution in [0.15, 0.2) is 0 Å². The molecule has 102 valence electrons. The van der Waals surface area contributed by atoms with Crippen molar-refractivity contribution in [2.75, 3.05) is 0 Å². The molecule has 0 heterocycles. The smallest absolute Gasteiger partial charge is 0.144 e. The molecule has 0 bridgehead atoms. The number of ketones is 1. The van der Waals surface area contributed by atoms with Crippen LogP contribution in [0.25, 0.3) is 0 Å². The quantitative estimate of drug-likeness (QED) is 0.669. The van der Waals surface area contributed by atoms with Gasteiger partial charge in [0.2, 0.25) is 0 Å². The Bertz CT molecular complexity index is 262. The van der Waals surface area contributed by atoms with Gasteiger partial charge in [-0.15, -0.1) is 0 Å². The van der Waals surface area contributed by atoms with Crippen LogP contribution in [-0.2, 0) is 4.79 Å². The van der Waals surface area contributed by atoms with Crippen molar-refractivity contribution in [3.05, 3.63) is 0 Å². The summed E-state index contributed by atoms with van der Waals surface area (Å²) in [6.07, 6.45) is 1.95. The van der Waals surface area contributed by atoms with E-state index in [-0.39, 0.29) is 16.2 Å². The summed E-state index contributed by atoms with van der Waals surface area (Å²) in [4.78, 5) is 12.7. The highest BCUT2D eigenvalue weighted by Crippen LogP contribution is 2.43. The normalized spacial score (nSPS) is 17.1. The van der Waals surface area contributed by atoms with Crippen LogP contribution in [0.2, 0.25) is 0 Å². The summed E-state index contributed by atoms with van der Waals surface area (Å²) in [5, 5.41) is 0. The molecule has 1 atom stereocenters. The predicted molar refractivity (Wildman–Crippen MR) is 76.1 cm³/mol. The van der Waals surface area contributed by atoms with Gasteiger partial charge in [-0.3, -0.25) is 4.79 Å². The Morgan fingerprint density at radius 3 is 1.59 bits per heavy atom. The molecule has 0 spiro atoms. The average molecular weight is 240 g/mol. The predicted octanol–water partition coefficient (Wildman–Crippen LogP) is 5.09. The Morgan fingerprint density at radius 1 is 0.941 bits per heavy atom. The molecule has 0 N–H and O–H groups in total. The van der Waals surface area contributed by atoms with Crippen LogP contribution in [0.5, 0.6) is 0 Å². The highest BCUT2D eigenvalue weighted by Gasteiger charge is 2.42. The first-order valence-corrected chi connectivity index (χ1v) is 6.83. The lowest BCUT2D eigenvalue weighted by atomic mass is 9.63. The van der Waals surface area contributed by atoms with E-state index in [9.17, 15) is 4.79 Å². The van der Waals surface area contributed by atoms with Gasteiger partial charge in [0.1, 0.15) is 5.78 Å². The number of rotatable bonds is 4. The Labute approximate surface area is 108 Å². The molecule has 1 nitrogen and oxygen atoms in total. The van der Waals surface area contributed by atoms with Crippen LogP contribution >= 0.6 is 0 Å². The van der Waals surface area contributed by atoms with Crippen molar-refractivity contribution in [3.8, 4) is 0 Å². The molecule has 0 aromatic carbocycles. The van der Waals surface area contributed by atoms with Crippen molar-refractivity contribution in [2.24, 2.45) is 22.2 Å². The summed E-state index contributed by atoms with van der Waals surface area (Å²) < 4.78 is 0. The zero-order valence-electron chi connectivity index (χ0n) is 13.4. The molecule has 0 aromatic rings. The fourth-order valence-electron chi connectivity index (χ4n) is 3.22. The number of carbonyl (C=O) groups excluding carboxylic acids is 1. The maximum absolute atomic E-state index is 12.7. The zero-order chi connectivity index (χ0) is 14.1. The summed E-state index contributed by atoms with van der Waals surface area (Å²) in [7, 11) is 0. The van der Waals surface area contributed by atoms with Gasteiger partial charge >= 0.3 is 0 Å². The van der Waals surface area contributed by atoms with E-state index in [1.54, 1.807) is 0 Å². The third-order valence-electron chi connectivity index (χ3n) is 3.01. The molecule has 0 radical (unpaired) electrons. The number of carbonyl (C=O) groups is 1. The lowest BCUT2D eigenvalue weighted by molar-refractivity contribution is -0.138. The van der Waals surface area contributed by atoms with Gasteiger partial charge < -0.3 is 0 Å². The Kier molecular flexibility index (Phi) is 5.02. The van der Waals surface area contributed by atoms with Crippen LogP contribution < -0.4 is 0 Å². The van der Waals surface area contributed by atoms with E-state index in [1.165, 1.54) is 0 Å². The average Bonchev–Trinajstić information content (AvgIpc) is 1.95. The van der Waals surface area contributed by atoms with Crippen molar-refractivity contribution in [3.63, 3.8) is 0 Å². The Morgan fingerprint density at radius 2 is 1.35 bits per heavy atom. The van der Waals surface area contributed by atoms with Crippen LogP contribution in [-0.4, -0.2) is 5.78 Å². The van der Waals surface area contributed by atoms with E-state index in [2.05, 4.69) is 41.5 Å². The van der Waals surface area contributed by atoms with E-state index >= 15 is 0 Å². The second kappa shape index (κ2) is 5.12. The minimum atomic E-state index is -0.241. The van der Waals surface area contributed by atoms with Crippen LogP contribution in [0.4, 0.5) is 0 Å². The van der Waals surface area contributed by atoms with Crippen molar-refractivity contribution in [2.45, 2.75) is 75.2 Å². The maximum Gasteiger partial charge on any atom is 0.144 e. The number of hydrogen-bond acceptors (Lipinski definition) is 1. The third-order valence-corrected chi connectivity index (χ3v) is 3.01. The van der Waals surface area contributed by atoms with Crippen molar-refractivity contribution >= 4 is 5.78 Å². The Hall–Kier alpha value is -0.330. The molecule has 0 aliphatic carbocycles. The van der Waals surface area contributed by atoms with Gasteiger partial charge in [0, 0.05) is 10.8 Å². The minimum absolute atomic E-state index is 0.190. The standard InChI is InChI=1S/C16H32O/c1-12(2)10-16(9,11-14(3,4)5)13(17)15(6,7)8/h12H,10-11H2,1-9H3/t16-/m1/s1. The van der Waals surface area contributed by atoms with Crippen LogP contribution in [0, 0.1) is 22.2 Å². The van der Waals surface area contributed by atoms with E-state index in [4.69, 9.17) is 0 Å². The second-order valence-electron chi connectivity index (χ2n) is 8.48. The van der Waals surface area contributed by atoms with Crippen molar-refractivity contribution in [1.29, 1.82) is 0 Å². The SMILES string of the molecule is CC(C)C[C@](C)(CC(C)(C)C)C(=O)C(C)(C)C. The Balaban J connectivity index is 5.18. The second-order valence-corrected chi connectivity index (χ2v) is 8.48. The van der Waals surface area contributed by atoms with Gasteiger partial charge in [-0.2, -0.15) is 0 Å². The maximum atomic E-state index is 12.7. The van der Waals surface area contributed by atoms with Gasteiger partial charge in [-0.25, -0.2) is 0 Å². The summed E-state index contributed by atoms with van der Waals surface area (Å²) in [6.45, 7) is 19.4. The van der Waals surface area contributed by atoms with E-state index in [1.807, 2.05) is 20.8 Å². The van der Waals surface area contributed by atoms with Gasteiger partial charge in [0.25, 0.3) is 0 Å². The molecule has 17 heavy (non-hydrogen) atoms. The van der Waals surface area contributed by atoms with Crippen molar-refractivity contribution < 1.29 is 4.79 Å². The largest absolute Gasteiger partial charge is 0.299 e. The summed E-state index contributed by atoms with van der Waals surface area (Å²) in [6, 6.07) is 0. The molecule has 0 aliphatic rings. The molecule has 0 rings (SSSR count). The lowest BCUT2D eigenvalue weighted by Crippen LogP contribution is -2.40. The van der Waals surface area contributed by atoms with Crippen molar-refractivity contribution in [1.82, 2.24) is 0 Å². The zero-order valence-corrected chi connectivity index (χ0v) is 13.4. The molecule has 0 aromatic heterocycles. The van der Waals surface area contributed by atoms with E-state index in [0.717, 1.165) is 12.8 Å². The molecule has 0 amide bonds.